The number of carbonyl (C=O) groups excluding carboxylic acids is 1. The molecule has 4 N–H and O–H groups in total. The fourth-order valence-corrected chi connectivity index (χ4v) is 22.0. The standard InChI is InChI=1S/C21H34O2.C21H32O2.C21H32O/c2*1-13(22)17-6-7-18-16-5-4-14-12-15(23)8-10-20(14,2)19(16)9-11-21(17,18)3;1-4-14-6-8-18-17-7-5-15-13-16(22)9-11-21(15,3)19(17)10-12-20(14,18)2/h12-13,15-19,22-23H,4-11H2,1-3H3;12-13,16-19,22H,4-11H2,1-3H3;4,13,16-19,22H,5-12H2,1-3H3/b;;14-4+/t13?,15?,16?,17-,18?,19?,20+,21-;13?,16?,17-,18?,19?,20+,21-;16?,17?,18?,19?,20-,21+/m000/s1. The lowest BCUT2D eigenvalue weighted by Gasteiger charge is -2.58. The van der Waals surface area contributed by atoms with Crippen LogP contribution in [-0.2, 0) is 4.79 Å². The molecular weight excluding hydrogens is 837 g/mol. The minimum atomic E-state index is -0.199. The number of hydrogen-bond acceptors (Lipinski definition) is 5. The van der Waals surface area contributed by atoms with Gasteiger partial charge in [-0.2, -0.15) is 0 Å². The number of aliphatic hydroxyl groups is 4. The summed E-state index contributed by atoms with van der Waals surface area (Å²) in [6.45, 7) is 21.2. The molecule has 21 atom stereocenters. The number of rotatable bonds is 2. The summed E-state index contributed by atoms with van der Waals surface area (Å²) in [7, 11) is 0. The van der Waals surface area contributed by atoms with Gasteiger partial charge in [0.1, 0.15) is 0 Å². The van der Waals surface area contributed by atoms with Crippen LogP contribution in [-0.4, -0.2) is 50.6 Å². The quantitative estimate of drug-likeness (QED) is 0.207. The van der Waals surface area contributed by atoms with Crippen molar-refractivity contribution >= 4 is 5.78 Å². The van der Waals surface area contributed by atoms with E-state index in [-0.39, 0.29) is 29.8 Å². The Balaban J connectivity index is 0.000000119. The molecule has 0 aromatic heterocycles. The molecule has 68 heavy (non-hydrogen) atoms. The van der Waals surface area contributed by atoms with Crippen molar-refractivity contribution in [2.75, 3.05) is 0 Å². The second-order valence-electron chi connectivity index (χ2n) is 28.0. The minimum Gasteiger partial charge on any atom is -0.393 e. The van der Waals surface area contributed by atoms with Gasteiger partial charge >= 0.3 is 0 Å². The van der Waals surface area contributed by atoms with Crippen LogP contribution in [0.3, 0.4) is 0 Å². The fourth-order valence-electron chi connectivity index (χ4n) is 22.0. The highest BCUT2D eigenvalue weighted by molar-refractivity contribution is 5.91. The summed E-state index contributed by atoms with van der Waals surface area (Å²) in [5.41, 5.74) is 8.59. The molecule has 0 heterocycles. The molecule has 0 spiro atoms. The minimum absolute atomic E-state index is 0.152. The topological polar surface area (TPSA) is 98.0 Å². The Morgan fingerprint density at radius 3 is 1.35 bits per heavy atom. The van der Waals surface area contributed by atoms with E-state index in [1.807, 2.05) is 19.9 Å². The molecule has 12 rings (SSSR count). The van der Waals surface area contributed by atoms with E-state index in [1.165, 1.54) is 128 Å². The zero-order valence-electron chi connectivity index (χ0n) is 44.6. The molecule has 380 valence electrons. The van der Waals surface area contributed by atoms with Crippen LogP contribution < -0.4 is 0 Å². The summed E-state index contributed by atoms with van der Waals surface area (Å²) >= 11 is 0. The van der Waals surface area contributed by atoms with Gasteiger partial charge in [-0.25, -0.2) is 0 Å². The van der Waals surface area contributed by atoms with E-state index in [1.54, 1.807) is 16.7 Å². The van der Waals surface area contributed by atoms with Gasteiger partial charge in [-0.1, -0.05) is 82.1 Å². The SMILES string of the molecule is C/C=C1\CCC2C3CCC4=CC(O)CC[C@@]4(C)C3CC[C@@]12C.CC(O)[C@@H]1CCC2C3CCC4=CC(=O)CC[C@@]4(C)C3CC[C@]21C.CC(O)[C@@H]1CCC2C3CCC4=CC(O)CC[C@@]4(C)C3CC[C@]21C. The Morgan fingerprint density at radius 2 is 0.882 bits per heavy atom. The molecule has 0 aliphatic heterocycles. The molecule has 13 unspecified atom stereocenters. The number of aliphatic hydroxyl groups excluding tert-OH is 4. The maximum Gasteiger partial charge on any atom is 0.155 e. The van der Waals surface area contributed by atoms with Crippen LogP contribution in [0.2, 0.25) is 0 Å². The Labute approximate surface area is 414 Å². The van der Waals surface area contributed by atoms with Gasteiger partial charge in [-0.3, -0.25) is 4.79 Å². The second kappa shape index (κ2) is 18.1. The lowest BCUT2D eigenvalue weighted by molar-refractivity contribution is -0.118. The number of allylic oxidation sites excluding steroid dienone is 5. The Hall–Kier alpha value is -1.53. The van der Waals surface area contributed by atoms with E-state index in [9.17, 15) is 25.2 Å². The van der Waals surface area contributed by atoms with Crippen molar-refractivity contribution < 1.29 is 25.2 Å². The molecule has 12 aliphatic rings. The van der Waals surface area contributed by atoms with E-state index in [4.69, 9.17) is 0 Å². The summed E-state index contributed by atoms with van der Waals surface area (Å²) in [5.74, 6) is 8.89. The van der Waals surface area contributed by atoms with Crippen molar-refractivity contribution in [3.05, 3.63) is 46.6 Å². The summed E-state index contributed by atoms with van der Waals surface area (Å²) in [5, 5.41) is 40.6. The van der Waals surface area contributed by atoms with Crippen LogP contribution in [0.5, 0.6) is 0 Å². The van der Waals surface area contributed by atoms with Gasteiger partial charge in [0.2, 0.25) is 0 Å². The smallest absolute Gasteiger partial charge is 0.155 e. The highest BCUT2D eigenvalue weighted by Gasteiger charge is 2.62. The van der Waals surface area contributed by atoms with Crippen LogP contribution in [0, 0.1) is 97.6 Å². The molecule has 0 saturated heterocycles. The molecule has 0 aromatic rings. The van der Waals surface area contributed by atoms with Crippen LogP contribution in [0.1, 0.15) is 216 Å². The van der Waals surface area contributed by atoms with Crippen molar-refractivity contribution in [2.45, 2.75) is 241 Å². The zero-order valence-corrected chi connectivity index (χ0v) is 44.6. The summed E-state index contributed by atoms with van der Waals surface area (Å²) < 4.78 is 0. The second-order valence-corrected chi connectivity index (χ2v) is 28.0. The highest BCUT2D eigenvalue weighted by Crippen LogP contribution is 2.70. The maximum absolute atomic E-state index is 11.9. The van der Waals surface area contributed by atoms with E-state index >= 15 is 0 Å². The molecule has 12 aliphatic carbocycles. The van der Waals surface area contributed by atoms with Crippen molar-refractivity contribution in [3.8, 4) is 0 Å². The number of fused-ring (bicyclic) bond motifs is 15. The molecule has 0 bridgehead atoms. The molecule has 5 nitrogen and oxygen atoms in total. The fraction of sp³-hybridized carbons (Fsp3) is 0.857. The molecule has 5 heteroatoms. The Kier molecular flexibility index (Phi) is 13.3. The maximum atomic E-state index is 11.9. The molecule has 0 radical (unpaired) electrons. The summed E-state index contributed by atoms with van der Waals surface area (Å²) in [4.78, 5) is 11.9. The molecular formula is C63H98O5. The van der Waals surface area contributed by atoms with Crippen molar-refractivity contribution in [1.29, 1.82) is 0 Å². The number of hydrogen-bond donors (Lipinski definition) is 4. The third-order valence-electron chi connectivity index (χ3n) is 25.6. The zero-order chi connectivity index (χ0) is 48.3. The molecule has 0 amide bonds. The van der Waals surface area contributed by atoms with Gasteiger partial charge in [0.15, 0.2) is 5.78 Å². The van der Waals surface area contributed by atoms with Gasteiger partial charge in [0.25, 0.3) is 0 Å². The normalized spacial score (nSPS) is 52.4. The Bertz CT molecular complexity index is 2040. The molecule has 0 aromatic carbocycles. The third-order valence-corrected chi connectivity index (χ3v) is 25.6. The first-order valence-electron chi connectivity index (χ1n) is 29.3. The van der Waals surface area contributed by atoms with Crippen molar-refractivity contribution in [2.24, 2.45) is 97.6 Å². The average molecular weight is 935 g/mol. The third kappa shape index (κ3) is 7.80. The first-order chi connectivity index (χ1) is 32.2. The highest BCUT2D eigenvalue weighted by atomic mass is 16.3. The van der Waals surface area contributed by atoms with Crippen molar-refractivity contribution in [3.63, 3.8) is 0 Å². The van der Waals surface area contributed by atoms with Crippen LogP contribution >= 0.6 is 0 Å². The van der Waals surface area contributed by atoms with Gasteiger partial charge in [0.05, 0.1) is 24.4 Å². The first-order valence-corrected chi connectivity index (χ1v) is 29.3. The summed E-state index contributed by atoms with van der Waals surface area (Å²) in [6.07, 6.45) is 37.6. The van der Waals surface area contributed by atoms with Gasteiger partial charge in [-0.15, -0.1) is 0 Å². The first kappa shape index (κ1) is 50.0. The summed E-state index contributed by atoms with van der Waals surface area (Å²) in [6, 6.07) is 0. The van der Waals surface area contributed by atoms with Gasteiger partial charge in [0, 0.05) is 6.42 Å². The number of carbonyl (C=O) groups is 1. The number of ketones is 1. The van der Waals surface area contributed by atoms with Crippen molar-refractivity contribution in [1.82, 2.24) is 0 Å². The average Bonchev–Trinajstić information content (AvgIpc) is 3.97. The van der Waals surface area contributed by atoms with E-state index in [0.717, 1.165) is 85.4 Å². The van der Waals surface area contributed by atoms with E-state index in [2.05, 4.69) is 66.7 Å². The largest absolute Gasteiger partial charge is 0.393 e. The lowest BCUT2D eigenvalue weighted by atomic mass is 9.46. The van der Waals surface area contributed by atoms with Crippen LogP contribution in [0.15, 0.2) is 46.6 Å². The Morgan fingerprint density at radius 1 is 0.471 bits per heavy atom. The van der Waals surface area contributed by atoms with Gasteiger partial charge in [-0.05, 0) is 272 Å². The predicted molar refractivity (Wildman–Crippen MR) is 276 cm³/mol. The molecule has 9 saturated carbocycles. The van der Waals surface area contributed by atoms with Crippen LogP contribution in [0.25, 0.3) is 0 Å². The lowest BCUT2D eigenvalue weighted by Crippen LogP contribution is -2.51. The molecule has 9 fully saturated rings. The van der Waals surface area contributed by atoms with Gasteiger partial charge < -0.3 is 20.4 Å². The predicted octanol–water partition coefficient (Wildman–Crippen LogP) is 14.1. The monoisotopic (exact) mass is 935 g/mol. The van der Waals surface area contributed by atoms with E-state index < -0.39 is 0 Å². The van der Waals surface area contributed by atoms with E-state index in [0.29, 0.717) is 44.7 Å². The van der Waals surface area contributed by atoms with Crippen LogP contribution in [0.4, 0.5) is 0 Å².